The summed E-state index contributed by atoms with van der Waals surface area (Å²) < 4.78 is 7.41. The van der Waals surface area contributed by atoms with Crippen LogP contribution < -0.4 is 10.5 Å². The van der Waals surface area contributed by atoms with Gasteiger partial charge >= 0.3 is 6.09 Å². The van der Waals surface area contributed by atoms with Crippen LogP contribution in [0.2, 0.25) is 0 Å². The Labute approximate surface area is 143 Å². The second-order valence-corrected chi connectivity index (χ2v) is 8.17. The maximum Gasteiger partial charge on any atom is 0.410 e. The smallest absolute Gasteiger partial charge is 0.410 e. The molecule has 6 heteroatoms. The summed E-state index contributed by atoms with van der Waals surface area (Å²) in [6.45, 7) is 7.60. The van der Waals surface area contributed by atoms with E-state index in [1.54, 1.807) is 11.0 Å². The minimum Gasteiger partial charge on any atom is -0.444 e. The number of carbonyl (C=O) groups is 1. The second-order valence-electron chi connectivity index (χ2n) is 8.17. The highest BCUT2D eigenvalue weighted by Crippen LogP contribution is 2.36. The minimum absolute atomic E-state index is 0.0524. The molecule has 1 unspecified atom stereocenters. The molecule has 1 amide bonds. The van der Waals surface area contributed by atoms with Crippen LogP contribution in [0.25, 0.3) is 0 Å². The summed E-state index contributed by atoms with van der Waals surface area (Å²) >= 11 is 0. The summed E-state index contributed by atoms with van der Waals surface area (Å²) in [5, 5.41) is 0. The third kappa shape index (κ3) is 3.28. The van der Waals surface area contributed by atoms with E-state index in [4.69, 9.17) is 4.74 Å². The molecule has 24 heavy (non-hydrogen) atoms. The van der Waals surface area contributed by atoms with Crippen molar-refractivity contribution >= 4 is 11.8 Å². The molecule has 6 nitrogen and oxygen atoms in total. The van der Waals surface area contributed by atoms with Gasteiger partial charge in [0.25, 0.3) is 5.56 Å². The molecule has 1 fully saturated rings. The third-order valence-corrected chi connectivity index (χ3v) is 4.71. The summed E-state index contributed by atoms with van der Waals surface area (Å²) in [6, 6.07) is 3.77. The number of rotatable bonds is 1. The van der Waals surface area contributed by atoms with Crippen LogP contribution in [0.4, 0.5) is 10.5 Å². The molecule has 0 aliphatic carbocycles. The highest BCUT2D eigenvalue weighted by Gasteiger charge is 2.38. The fourth-order valence-corrected chi connectivity index (χ4v) is 3.68. The Hall–Kier alpha value is -1.98. The first kappa shape index (κ1) is 16.9. The lowest BCUT2D eigenvalue weighted by Gasteiger charge is -2.43. The van der Waals surface area contributed by atoms with Crippen molar-refractivity contribution in [2.45, 2.75) is 45.3 Å². The zero-order chi connectivity index (χ0) is 17.6. The monoisotopic (exact) mass is 333 g/mol. The molecule has 0 spiro atoms. The standard InChI is InChI=1S/C18H27N3O3/c1-18(2,3)24-17(23)20-9-12-6-13(11-20)15-7-14(19(4)5)8-16(22)21(15)10-12/h7-8,12-13H,6,9-11H2,1-5H3/t12?,13-/m0/s1. The Balaban J connectivity index is 1.88. The van der Waals surface area contributed by atoms with Crippen LogP contribution in [-0.2, 0) is 11.3 Å². The number of piperidine rings is 1. The van der Waals surface area contributed by atoms with Crippen molar-refractivity contribution < 1.29 is 9.53 Å². The van der Waals surface area contributed by atoms with Crippen molar-refractivity contribution in [1.29, 1.82) is 0 Å². The molecular formula is C18H27N3O3. The van der Waals surface area contributed by atoms with Gasteiger partial charge in [0.05, 0.1) is 0 Å². The van der Waals surface area contributed by atoms with E-state index in [2.05, 4.69) is 6.07 Å². The van der Waals surface area contributed by atoms with Crippen molar-refractivity contribution in [3.05, 3.63) is 28.2 Å². The predicted octanol–water partition coefficient (Wildman–Crippen LogP) is 2.27. The number of hydrogen-bond acceptors (Lipinski definition) is 4. The Morgan fingerprint density at radius 3 is 2.54 bits per heavy atom. The second kappa shape index (κ2) is 5.83. The molecule has 132 valence electrons. The van der Waals surface area contributed by atoms with Crippen LogP contribution >= 0.6 is 0 Å². The zero-order valence-electron chi connectivity index (χ0n) is 15.2. The molecule has 0 radical (unpaired) electrons. The highest BCUT2D eigenvalue weighted by molar-refractivity contribution is 5.68. The average Bonchev–Trinajstić information content (AvgIpc) is 2.46. The molecule has 0 N–H and O–H groups in total. The molecule has 1 saturated heterocycles. The normalized spacial score (nSPS) is 22.8. The average molecular weight is 333 g/mol. The number of likely N-dealkylation sites (tertiary alicyclic amines) is 1. The van der Waals surface area contributed by atoms with E-state index >= 15 is 0 Å². The fourth-order valence-electron chi connectivity index (χ4n) is 3.68. The number of amides is 1. The lowest BCUT2D eigenvalue weighted by molar-refractivity contribution is 0.0102. The summed E-state index contributed by atoms with van der Waals surface area (Å²) in [6.07, 6.45) is 0.770. The van der Waals surface area contributed by atoms with Gasteiger partial charge in [-0.2, -0.15) is 0 Å². The number of nitrogens with zero attached hydrogens (tertiary/aromatic N) is 3. The molecule has 0 saturated carbocycles. The van der Waals surface area contributed by atoms with Gasteiger partial charge in [-0.15, -0.1) is 0 Å². The van der Waals surface area contributed by atoms with Gasteiger partial charge in [0.1, 0.15) is 5.60 Å². The topological polar surface area (TPSA) is 54.8 Å². The Morgan fingerprint density at radius 1 is 1.21 bits per heavy atom. The molecule has 1 aromatic heterocycles. The molecule has 2 atom stereocenters. The van der Waals surface area contributed by atoms with E-state index < -0.39 is 5.60 Å². The van der Waals surface area contributed by atoms with E-state index in [1.807, 2.05) is 44.3 Å². The number of carbonyl (C=O) groups excluding carboxylic acids is 1. The maximum atomic E-state index is 12.5. The SMILES string of the molecule is CN(C)c1cc2n(c(=O)c1)CC1C[C@H]2CN(C(=O)OC(C)(C)C)C1. The van der Waals surface area contributed by atoms with Crippen LogP contribution in [0.3, 0.4) is 0 Å². The van der Waals surface area contributed by atoms with E-state index in [9.17, 15) is 9.59 Å². The van der Waals surface area contributed by atoms with E-state index in [-0.39, 0.29) is 17.6 Å². The number of ether oxygens (including phenoxy) is 1. The molecule has 3 rings (SSSR count). The van der Waals surface area contributed by atoms with E-state index in [0.717, 1.165) is 17.8 Å². The van der Waals surface area contributed by atoms with E-state index in [1.165, 1.54) is 0 Å². The first-order valence-electron chi connectivity index (χ1n) is 8.54. The van der Waals surface area contributed by atoms with Gasteiger partial charge in [0.15, 0.2) is 0 Å². The molecule has 3 heterocycles. The Morgan fingerprint density at radius 2 is 1.92 bits per heavy atom. The van der Waals surface area contributed by atoms with Crippen LogP contribution in [0.5, 0.6) is 0 Å². The van der Waals surface area contributed by atoms with Crippen molar-refractivity contribution in [3.8, 4) is 0 Å². The summed E-state index contributed by atoms with van der Waals surface area (Å²) in [5.41, 5.74) is 1.52. The van der Waals surface area contributed by atoms with Crippen molar-refractivity contribution in [2.75, 3.05) is 32.1 Å². The van der Waals surface area contributed by atoms with Gasteiger partial charge < -0.3 is 19.1 Å². The number of aromatic nitrogens is 1. The van der Waals surface area contributed by atoms with Gasteiger partial charge in [-0.1, -0.05) is 0 Å². The Bertz CT molecular complexity index is 702. The maximum absolute atomic E-state index is 12.5. The number of pyridine rings is 1. The van der Waals surface area contributed by atoms with Gasteiger partial charge in [0, 0.05) is 57.1 Å². The molecule has 2 aliphatic heterocycles. The summed E-state index contributed by atoms with van der Waals surface area (Å²) in [7, 11) is 3.87. The van der Waals surface area contributed by atoms with E-state index in [0.29, 0.717) is 25.6 Å². The predicted molar refractivity (Wildman–Crippen MR) is 93.7 cm³/mol. The fraction of sp³-hybridized carbons (Fsp3) is 0.667. The Kier molecular flexibility index (Phi) is 4.10. The van der Waals surface area contributed by atoms with Crippen LogP contribution in [-0.4, -0.2) is 48.3 Å². The first-order valence-corrected chi connectivity index (χ1v) is 8.54. The zero-order valence-corrected chi connectivity index (χ0v) is 15.2. The molecular weight excluding hydrogens is 306 g/mol. The van der Waals surface area contributed by atoms with Crippen LogP contribution in [0, 0.1) is 5.92 Å². The largest absolute Gasteiger partial charge is 0.444 e. The van der Waals surface area contributed by atoms with Gasteiger partial charge in [0.2, 0.25) is 0 Å². The van der Waals surface area contributed by atoms with Crippen molar-refractivity contribution in [1.82, 2.24) is 9.47 Å². The van der Waals surface area contributed by atoms with Gasteiger partial charge in [-0.05, 0) is 39.2 Å². The van der Waals surface area contributed by atoms with Crippen LogP contribution in [0.15, 0.2) is 16.9 Å². The number of anilines is 1. The minimum atomic E-state index is -0.490. The van der Waals surface area contributed by atoms with Crippen LogP contribution in [0.1, 0.15) is 38.8 Å². The number of hydrogen-bond donors (Lipinski definition) is 0. The number of fused-ring (bicyclic) bond motifs is 4. The molecule has 2 bridgehead atoms. The van der Waals surface area contributed by atoms with Crippen molar-refractivity contribution in [3.63, 3.8) is 0 Å². The first-order chi connectivity index (χ1) is 11.1. The molecule has 0 aromatic carbocycles. The summed E-state index contributed by atoms with van der Waals surface area (Å²) in [4.78, 5) is 28.6. The lowest BCUT2D eigenvalue weighted by Crippen LogP contribution is -2.50. The lowest BCUT2D eigenvalue weighted by atomic mass is 9.83. The van der Waals surface area contributed by atoms with Gasteiger partial charge in [-0.25, -0.2) is 4.79 Å². The molecule has 1 aromatic rings. The third-order valence-electron chi connectivity index (χ3n) is 4.71. The van der Waals surface area contributed by atoms with Crippen molar-refractivity contribution in [2.24, 2.45) is 5.92 Å². The quantitative estimate of drug-likeness (QED) is 0.791. The highest BCUT2D eigenvalue weighted by atomic mass is 16.6. The molecule has 2 aliphatic rings. The summed E-state index contributed by atoms with van der Waals surface area (Å²) in [5.74, 6) is 0.504. The van der Waals surface area contributed by atoms with Gasteiger partial charge in [-0.3, -0.25) is 4.79 Å².